The van der Waals surface area contributed by atoms with Crippen LogP contribution in [0.2, 0.25) is 0 Å². The summed E-state index contributed by atoms with van der Waals surface area (Å²) in [4.78, 5) is 9.01. The molecule has 3 nitrogen and oxygen atoms in total. The van der Waals surface area contributed by atoms with Crippen LogP contribution in [-0.4, -0.2) is 0 Å². The summed E-state index contributed by atoms with van der Waals surface area (Å²) >= 11 is 0. The van der Waals surface area contributed by atoms with Crippen molar-refractivity contribution in [3.63, 3.8) is 0 Å². The maximum Gasteiger partial charge on any atom is 0.158 e. The standard InChI is InChI=1S/C8H7NO2/c1-2-4-7(5-3-1)8-6-10-11-9-8/h1-6,9H. The lowest BCUT2D eigenvalue weighted by atomic mass is 10.2. The summed E-state index contributed by atoms with van der Waals surface area (Å²) in [6.07, 6.45) is 1.52. The van der Waals surface area contributed by atoms with Crippen LogP contribution in [0, 0.1) is 0 Å². The van der Waals surface area contributed by atoms with E-state index in [0.29, 0.717) is 0 Å². The maximum atomic E-state index is 4.54. The predicted molar refractivity (Wildman–Crippen MR) is 39.7 cm³/mol. The molecule has 0 spiro atoms. The normalized spacial score (nSPS) is 15.1. The minimum absolute atomic E-state index is 0.839. The number of benzene rings is 1. The first-order valence-electron chi connectivity index (χ1n) is 3.31. The van der Waals surface area contributed by atoms with Crippen molar-refractivity contribution in [3.8, 4) is 0 Å². The summed E-state index contributed by atoms with van der Waals surface area (Å²) in [5.41, 5.74) is 4.50. The average Bonchev–Trinajstić information content (AvgIpc) is 2.58. The molecule has 1 aromatic rings. The van der Waals surface area contributed by atoms with Gasteiger partial charge in [-0.05, 0) is 0 Å². The van der Waals surface area contributed by atoms with Gasteiger partial charge in [0.25, 0.3) is 0 Å². The molecule has 3 heteroatoms. The van der Waals surface area contributed by atoms with E-state index in [-0.39, 0.29) is 0 Å². The molecule has 1 N–H and O–H groups in total. The van der Waals surface area contributed by atoms with Gasteiger partial charge in [-0.2, -0.15) is 0 Å². The van der Waals surface area contributed by atoms with E-state index in [2.05, 4.69) is 15.4 Å². The van der Waals surface area contributed by atoms with E-state index in [0.717, 1.165) is 11.3 Å². The fourth-order valence-corrected chi connectivity index (χ4v) is 0.910. The van der Waals surface area contributed by atoms with Crippen LogP contribution >= 0.6 is 0 Å². The largest absolute Gasteiger partial charge is 0.320 e. The third-order valence-electron chi connectivity index (χ3n) is 1.45. The van der Waals surface area contributed by atoms with Gasteiger partial charge in [0.15, 0.2) is 6.26 Å². The summed E-state index contributed by atoms with van der Waals surface area (Å²) in [6.45, 7) is 0. The molecular weight excluding hydrogens is 142 g/mol. The molecule has 1 aromatic carbocycles. The van der Waals surface area contributed by atoms with Crippen LogP contribution in [0.5, 0.6) is 0 Å². The van der Waals surface area contributed by atoms with Gasteiger partial charge in [0.1, 0.15) is 5.70 Å². The lowest BCUT2D eigenvalue weighted by Crippen LogP contribution is -2.03. The van der Waals surface area contributed by atoms with Crippen LogP contribution in [0.15, 0.2) is 36.6 Å². The summed E-state index contributed by atoms with van der Waals surface area (Å²) in [6, 6.07) is 9.81. The van der Waals surface area contributed by atoms with E-state index in [4.69, 9.17) is 0 Å². The van der Waals surface area contributed by atoms with Crippen molar-refractivity contribution in [3.05, 3.63) is 42.2 Å². The Balaban J connectivity index is 2.29. The minimum atomic E-state index is 0.839. The molecule has 0 bridgehead atoms. The molecule has 0 aliphatic carbocycles. The molecule has 56 valence electrons. The Hall–Kier alpha value is -1.48. The highest BCUT2D eigenvalue weighted by Crippen LogP contribution is 2.13. The van der Waals surface area contributed by atoms with E-state index >= 15 is 0 Å². The quantitative estimate of drug-likeness (QED) is 0.613. The zero-order valence-electron chi connectivity index (χ0n) is 5.78. The van der Waals surface area contributed by atoms with Gasteiger partial charge in [-0.25, -0.2) is 5.48 Å². The Morgan fingerprint density at radius 2 is 1.91 bits per heavy atom. The van der Waals surface area contributed by atoms with E-state index in [1.165, 1.54) is 6.26 Å². The van der Waals surface area contributed by atoms with Gasteiger partial charge in [-0.15, -0.1) is 0 Å². The van der Waals surface area contributed by atoms with Crippen LogP contribution < -0.4 is 5.48 Å². The second kappa shape index (κ2) is 2.64. The van der Waals surface area contributed by atoms with Crippen molar-refractivity contribution < 1.29 is 9.88 Å². The number of rotatable bonds is 1. The lowest BCUT2D eigenvalue weighted by molar-refractivity contribution is -0.263. The summed E-state index contributed by atoms with van der Waals surface area (Å²) in [5, 5.41) is 0. The van der Waals surface area contributed by atoms with E-state index in [9.17, 15) is 0 Å². The van der Waals surface area contributed by atoms with Gasteiger partial charge in [0.2, 0.25) is 0 Å². The monoisotopic (exact) mass is 149 g/mol. The van der Waals surface area contributed by atoms with Crippen molar-refractivity contribution in [2.75, 3.05) is 0 Å². The fourth-order valence-electron chi connectivity index (χ4n) is 0.910. The van der Waals surface area contributed by atoms with Crippen molar-refractivity contribution in [2.24, 2.45) is 0 Å². The molecule has 1 heterocycles. The van der Waals surface area contributed by atoms with Crippen molar-refractivity contribution >= 4 is 5.70 Å². The Morgan fingerprint density at radius 1 is 1.09 bits per heavy atom. The highest BCUT2D eigenvalue weighted by molar-refractivity contribution is 5.62. The topological polar surface area (TPSA) is 30.5 Å². The van der Waals surface area contributed by atoms with E-state index < -0.39 is 0 Å². The number of nitrogens with one attached hydrogen (secondary N) is 1. The first-order valence-corrected chi connectivity index (χ1v) is 3.31. The predicted octanol–water partition coefficient (Wildman–Crippen LogP) is 1.45. The molecule has 0 atom stereocenters. The third kappa shape index (κ3) is 1.18. The van der Waals surface area contributed by atoms with Crippen molar-refractivity contribution in [2.45, 2.75) is 0 Å². The molecule has 11 heavy (non-hydrogen) atoms. The highest BCUT2D eigenvalue weighted by atomic mass is 17.3. The maximum absolute atomic E-state index is 4.54. The Bertz CT molecular complexity index is 269. The first kappa shape index (κ1) is 6.24. The van der Waals surface area contributed by atoms with Crippen LogP contribution in [-0.2, 0) is 9.88 Å². The molecule has 0 saturated heterocycles. The van der Waals surface area contributed by atoms with Crippen molar-refractivity contribution in [1.29, 1.82) is 0 Å². The summed E-state index contributed by atoms with van der Waals surface area (Å²) in [5.74, 6) is 0. The van der Waals surface area contributed by atoms with Crippen LogP contribution in [0.3, 0.4) is 0 Å². The minimum Gasteiger partial charge on any atom is -0.320 e. The van der Waals surface area contributed by atoms with Gasteiger partial charge in [0, 0.05) is 5.56 Å². The van der Waals surface area contributed by atoms with Crippen molar-refractivity contribution in [1.82, 2.24) is 5.48 Å². The SMILES string of the molecule is C1=C(c2ccccc2)NOO1. The number of hydrogen-bond donors (Lipinski definition) is 1. The Kier molecular flexibility index (Phi) is 1.50. The number of hydrogen-bond acceptors (Lipinski definition) is 3. The van der Waals surface area contributed by atoms with Crippen LogP contribution in [0.25, 0.3) is 5.70 Å². The van der Waals surface area contributed by atoms with Gasteiger partial charge in [-0.3, -0.25) is 0 Å². The zero-order valence-corrected chi connectivity index (χ0v) is 5.78. The van der Waals surface area contributed by atoms with E-state index in [1.807, 2.05) is 30.3 Å². The summed E-state index contributed by atoms with van der Waals surface area (Å²) in [7, 11) is 0. The molecular formula is C8H7NO2. The molecule has 0 aromatic heterocycles. The van der Waals surface area contributed by atoms with Gasteiger partial charge < -0.3 is 4.89 Å². The molecule has 0 radical (unpaired) electrons. The van der Waals surface area contributed by atoms with Gasteiger partial charge >= 0.3 is 0 Å². The second-order valence-corrected chi connectivity index (χ2v) is 2.18. The second-order valence-electron chi connectivity index (χ2n) is 2.18. The number of hydroxylamine groups is 1. The van der Waals surface area contributed by atoms with Gasteiger partial charge in [-0.1, -0.05) is 35.3 Å². The molecule has 1 aliphatic rings. The molecule has 0 unspecified atom stereocenters. The van der Waals surface area contributed by atoms with Gasteiger partial charge in [0.05, 0.1) is 0 Å². The zero-order chi connectivity index (χ0) is 7.52. The molecule has 2 rings (SSSR count). The fraction of sp³-hybridized carbons (Fsp3) is 0. The summed E-state index contributed by atoms with van der Waals surface area (Å²) < 4.78 is 0. The lowest BCUT2D eigenvalue weighted by Gasteiger charge is -1.97. The average molecular weight is 149 g/mol. The van der Waals surface area contributed by atoms with E-state index in [1.54, 1.807) is 0 Å². The van der Waals surface area contributed by atoms with Crippen LogP contribution in [0.4, 0.5) is 0 Å². The molecule has 0 amide bonds. The highest BCUT2D eigenvalue weighted by Gasteiger charge is 2.06. The first-order chi connectivity index (χ1) is 5.47. The van der Waals surface area contributed by atoms with Crippen LogP contribution in [0.1, 0.15) is 5.56 Å². The smallest absolute Gasteiger partial charge is 0.158 e. The molecule has 0 fully saturated rings. The molecule has 0 saturated carbocycles. The third-order valence-corrected chi connectivity index (χ3v) is 1.45. The Labute approximate surface area is 64.1 Å². The molecule has 1 aliphatic heterocycles. The Morgan fingerprint density at radius 3 is 2.55 bits per heavy atom.